The first-order valence-electron chi connectivity index (χ1n) is 8.62. The molecule has 0 aliphatic rings. The van der Waals surface area contributed by atoms with Crippen LogP contribution >= 0.6 is 11.6 Å². The Balaban J connectivity index is 2.34. The van der Waals surface area contributed by atoms with E-state index in [0.717, 1.165) is 0 Å². The van der Waals surface area contributed by atoms with Gasteiger partial charge in [0, 0.05) is 23.7 Å². The van der Waals surface area contributed by atoms with Crippen molar-refractivity contribution in [2.45, 2.75) is 44.9 Å². The Morgan fingerprint density at radius 1 is 1.25 bits per heavy atom. The van der Waals surface area contributed by atoms with E-state index in [0.29, 0.717) is 6.42 Å². The van der Waals surface area contributed by atoms with Crippen LogP contribution in [0.1, 0.15) is 45.7 Å². The van der Waals surface area contributed by atoms with Gasteiger partial charge in [-0.3, -0.25) is 10.1 Å². The Morgan fingerprint density at radius 2 is 1.86 bits per heavy atom. The monoisotopic (exact) mass is 428 g/mol. The highest BCUT2D eigenvalue weighted by Gasteiger charge is 2.26. The summed E-state index contributed by atoms with van der Waals surface area (Å²) in [6.07, 6.45) is 0.497. The number of nitrogens with zero attached hydrogens (tertiary/aromatic N) is 1. The Morgan fingerprint density at radius 3 is 2.36 bits per heavy atom. The Hall–Kier alpha value is -2.03. The summed E-state index contributed by atoms with van der Waals surface area (Å²) in [7, 11) is -1.39. The molecule has 0 unspecified atom stereocenters. The fourth-order valence-corrected chi connectivity index (χ4v) is 3.43. The molecule has 0 aliphatic carbocycles. The Labute approximate surface area is 170 Å². The molecule has 2 aromatic carbocycles. The lowest BCUT2D eigenvalue weighted by Gasteiger charge is -2.24. The van der Waals surface area contributed by atoms with Crippen molar-refractivity contribution in [1.82, 2.24) is 4.72 Å². The molecule has 28 heavy (non-hydrogen) atoms. The highest BCUT2D eigenvalue weighted by atomic mass is 35.5. The van der Waals surface area contributed by atoms with E-state index in [1.807, 2.05) is 27.7 Å². The van der Waals surface area contributed by atoms with Crippen molar-refractivity contribution >= 4 is 28.3 Å². The van der Waals surface area contributed by atoms with E-state index in [2.05, 4.69) is 4.72 Å². The van der Waals surface area contributed by atoms with Crippen LogP contribution in [-0.4, -0.2) is 13.9 Å². The van der Waals surface area contributed by atoms with E-state index < -0.39 is 32.5 Å². The van der Waals surface area contributed by atoms with E-state index >= 15 is 4.39 Å². The summed E-state index contributed by atoms with van der Waals surface area (Å²) in [4.78, 5) is 10.2. The molecule has 1 N–H and O–H groups in total. The number of hydrogen-bond donors (Lipinski definition) is 1. The maximum absolute atomic E-state index is 15.2. The predicted molar refractivity (Wildman–Crippen MR) is 109 cm³/mol. The number of nitro groups is 1. The summed E-state index contributed by atoms with van der Waals surface area (Å²) < 4.78 is 35.6. The van der Waals surface area contributed by atoms with Gasteiger partial charge in [0.25, 0.3) is 5.69 Å². The minimum absolute atomic E-state index is 0.0615. The highest BCUT2D eigenvalue weighted by Crippen LogP contribution is 2.37. The molecule has 2 atom stereocenters. The van der Waals surface area contributed by atoms with Gasteiger partial charge in [0.05, 0.1) is 25.7 Å². The average molecular weight is 429 g/mol. The van der Waals surface area contributed by atoms with Crippen molar-refractivity contribution in [3.8, 4) is 11.5 Å². The third-order valence-electron chi connectivity index (χ3n) is 3.94. The van der Waals surface area contributed by atoms with Gasteiger partial charge in [-0.25, -0.2) is 13.3 Å². The van der Waals surface area contributed by atoms with Crippen molar-refractivity contribution in [3.05, 3.63) is 62.9 Å². The van der Waals surface area contributed by atoms with Crippen LogP contribution < -0.4 is 9.46 Å². The first kappa shape index (κ1) is 22.3. The van der Waals surface area contributed by atoms with E-state index in [4.69, 9.17) is 16.3 Å². The van der Waals surface area contributed by atoms with E-state index in [1.165, 1.54) is 36.4 Å². The molecule has 0 saturated carbocycles. The second kappa shape index (κ2) is 8.98. The van der Waals surface area contributed by atoms with Crippen LogP contribution in [0.2, 0.25) is 5.02 Å². The molecule has 2 rings (SSSR count). The number of halogens is 2. The molecule has 0 aromatic heterocycles. The Bertz CT molecular complexity index is 885. The summed E-state index contributed by atoms with van der Waals surface area (Å²) in [6, 6.07) is 7.78. The summed E-state index contributed by atoms with van der Waals surface area (Å²) in [6.45, 7) is 7.32. The first-order valence-corrected chi connectivity index (χ1v) is 10.2. The molecule has 152 valence electrons. The fourth-order valence-electron chi connectivity index (χ4n) is 2.34. The molecular weight excluding hydrogens is 407 g/mol. The predicted octanol–water partition coefficient (Wildman–Crippen LogP) is 5.68. The fraction of sp³-hybridized carbons (Fsp3) is 0.368. The van der Waals surface area contributed by atoms with E-state index in [-0.39, 0.29) is 27.8 Å². The third kappa shape index (κ3) is 5.27. The molecule has 2 aromatic rings. The lowest BCUT2D eigenvalue weighted by molar-refractivity contribution is -0.384. The summed E-state index contributed by atoms with van der Waals surface area (Å²) in [5.74, 6) is -0.645. The standard InChI is InChI=1S/C19H22ClFN2O4S/c1-5-16(22-28(26)19(2,3)4)14-10-11-15(20)18(17(14)21)27-13-8-6-12(7-9-13)23(24)25/h6-11,16,22H,5H2,1-4H3/t16-,28-/m1/s1. The van der Waals surface area contributed by atoms with Gasteiger partial charge < -0.3 is 4.74 Å². The topological polar surface area (TPSA) is 81.5 Å². The lowest BCUT2D eigenvalue weighted by Crippen LogP contribution is -2.35. The number of nitro benzene ring substituents is 1. The number of ether oxygens (including phenoxy) is 1. The molecule has 9 heteroatoms. The molecule has 0 bridgehead atoms. The number of nitrogens with one attached hydrogen (secondary N) is 1. The smallest absolute Gasteiger partial charge is 0.269 e. The van der Waals surface area contributed by atoms with Crippen molar-refractivity contribution in [2.75, 3.05) is 0 Å². The van der Waals surface area contributed by atoms with Gasteiger partial charge in [-0.15, -0.1) is 0 Å². The lowest BCUT2D eigenvalue weighted by atomic mass is 10.0. The van der Waals surface area contributed by atoms with Crippen LogP contribution in [0, 0.1) is 15.9 Å². The largest absolute Gasteiger partial charge is 0.453 e. The molecule has 0 aliphatic heterocycles. The molecule has 0 radical (unpaired) electrons. The number of benzene rings is 2. The van der Waals surface area contributed by atoms with E-state index in [9.17, 15) is 14.3 Å². The van der Waals surface area contributed by atoms with Gasteiger partial charge in [0.15, 0.2) is 11.6 Å². The molecular formula is C19H22ClFN2O4S. The van der Waals surface area contributed by atoms with Gasteiger partial charge in [0.1, 0.15) is 5.75 Å². The van der Waals surface area contributed by atoms with Crippen LogP contribution in [0.5, 0.6) is 11.5 Å². The Kier molecular flexibility index (Phi) is 7.14. The normalized spacial score (nSPS) is 13.8. The molecule has 0 spiro atoms. The van der Waals surface area contributed by atoms with Crippen molar-refractivity contribution in [2.24, 2.45) is 0 Å². The maximum atomic E-state index is 15.2. The molecule has 0 fully saturated rings. The van der Waals surface area contributed by atoms with Crippen LogP contribution in [0.3, 0.4) is 0 Å². The van der Waals surface area contributed by atoms with Gasteiger partial charge in [-0.05, 0) is 45.4 Å². The number of non-ortho nitro benzene ring substituents is 1. The minimum atomic E-state index is -1.39. The maximum Gasteiger partial charge on any atom is 0.269 e. The van der Waals surface area contributed by atoms with Gasteiger partial charge >= 0.3 is 0 Å². The molecule has 0 amide bonds. The van der Waals surface area contributed by atoms with Crippen molar-refractivity contribution < 1.29 is 18.3 Å². The van der Waals surface area contributed by atoms with Crippen molar-refractivity contribution in [1.29, 1.82) is 0 Å². The third-order valence-corrected chi connectivity index (χ3v) is 5.84. The van der Waals surface area contributed by atoms with Gasteiger partial charge in [-0.2, -0.15) is 0 Å². The summed E-state index contributed by atoms with van der Waals surface area (Å²) in [5.41, 5.74) is 0.175. The zero-order valence-corrected chi connectivity index (χ0v) is 17.6. The second-order valence-corrected chi connectivity index (χ2v) is 9.50. The quantitative estimate of drug-likeness (QED) is 0.454. The summed E-state index contributed by atoms with van der Waals surface area (Å²) >= 11 is 6.11. The zero-order chi connectivity index (χ0) is 21.1. The van der Waals surface area contributed by atoms with Crippen LogP contribution in [0.25, 0.3) is 0 Å². The molecule has 0 heterocycles. The van der Waals surface area contributed by atoms with E-state index in [1.54, 1.807) is 0 Å². The van der Waals surface area contributed by atoms with Gasteiger partial charge in [-0.1, -0.05) is 24.6 Å². The van der Waals surface area contributed by atoms with Crippen LogP contribution in [0.4, 0.5) is 10.1 Å². The van der Waals surface area contributed by atoms with Crippen LogP contribution in [0.15, 0.2) is 36.4 Å². The van der Waals surface area contributed by atoms with Crippen molar-refractivity contribution in [3.63, 3.8) is 0 Å². The zero-order valence-electron chi connectivity index (χ0n) is 16.0. The molecule has 0 saturated heterocycles. The number of rotatable bonds is 7. The minimum Gasteiger partial charge on any atom is -0.453 e. The second-order valence-electron chi connectivity index (χ2n) is 7.09. The van der Waals surface area contributed by atoms with Crippen LogP contribution in [-0.2, 0) is 11.0 Å². The highest BCUT2D eigenvalue weighted by molar-refractivity contribution is 7.84. The summed E-state index contributed by atoms with van der Waals surface area (Å²) in [5, 5.41) is 10.8. The SMILES string of the molecule is CC[C@@H](N[S@](=O)C(C)(C)C)c1ccc(Cl)c(Oc2ccc([N+](=O)[O-])cc2)c1F. The van der Waals surface area contributed by atoms with Gasteiger partial charge in [0.2, 0.25) is 0 Å². The first-order chi connectivity index (χ1) is 13.0. The number of hydrogen-bond acceptors (Lipinski definition) is 4. The average Bonchev–Trinajstić information content (AvgIpc) is 2.63. The molecule has 6 nitrogen and oxygen atoms in total.